The number of hydrogen-bond acceptors (Lipinski definition) is 4. The highest BCUT2D eigenvalue weighted by Crippen LogP contribution is 2.04. The number of rotatable bonds is 2. The summed E-state index contributed by atoms with van der Waals surface area (Å²) >= 11 is 0. The first kappa shape index (κ1) is 9.55. The van der Waals surface area contributed by atoms with E-state index in [2.05, 4.69) is 0 Å². The number of nitriles is 1. The minimum atomic E-state index is -0.986. The SMILES string of the molecule is N#CC1CN(C=CC(=O)O)CCO1. The van der Waals surface area contributed by atoms with Gasteiger partial charge in [-0.1, -0.05) is 0 Å². The number of carboxylic acid groups (broad SMARTS) is 1. The number of ether oxygens (including phenoxy) is 1. The summed E-state index contributed by atoms with van der Waals surface area (Å²) in [6.07, 6.45) is 2.07. The fraction of sp³-hybridized carbons (Fsp3) is 0.500. The Morgan fingerprint density at radius 3 is 3.15 bits per heavy atom. The highest BCUT2D eigenvalue weighted by molar-refractivity contribution is 5.79. The lowest BCUT2D eigenvalue weighted by Gasteiger charge is -2.28. The molecule has 1 N–H and O–H groups in total. The summed E-state index contributed by atoms with van der Waals surface area (Å²) in [5.74, 6) is -0.986. The molecule has 1 atom stereocenters. The fourth-order valence-corrected chi connectivity index (χ4v) is 1.05. The van der Waals surface area contributed by atoms with Crippen LogP contribution in [0.3, 0.4) is 0 Å². The Labute approximate surface area is 75.8 Å². The molecule has 0 saturated carbocycles. The Balaban J connectivity index is 2.43. The van der Waals surface area contributed by atoms with E-state index in [0.717, 1.165) is 6.08 Å². The Bertz CT molecular complexity index is 257. The van der Waals surface area contributed by atoms with Crippen LogP contribution in [0.5, 0.6) is 0 Å². The standard InChI is InChI=1S/C8H10N2O3/c9-5-7-6-10(3-4-13-7)2-1-8(11)12/h1-2,7H,3-4,6H2,(H,11,12). The molecule has 1 fully saturated rings. The van der Waals surface area contributed by atoms with Crippen molar-refractivity contribution in [2.75, 3.05) is 19.7 Å². The minimum Gasteiger partial charge on any atom is -0.478 e. The maximum atomic E-state index is 10.2. The largest absolute Gasteiger partial charge is 0.478 e. The Morgan fingerprint density at radius 2 is 2.54 bits per heavy atom. The van der Waals surface area contributed by atoms with Crippen molar-refractivity contribution in [1.29, 1.82) is 5.26 Å². The van der Waals surface area contributed by atoms with Crippen LogP contribution in [0.1, 0.15) is 0 Å². The lowest BCUT2D eigenvalue weighted by atomic mass is 10.3. The molecule has 70 valence electrons. The molecule has 0 spiro atoms. The van der Waals surface area contributed by atoms with E-state index in [4.69, 9.17) is 15.1 Å². The summed E-state index contributed by atoms with van der Waals surface area (Å²) in [6, 6.07) is 1.98. The Hall–Kier alpha value is -1.54. The van der Waals surface area contributed by atoms with Gasteiger partial charge in [0.05, 0.1) is 19.2 Å². The maximum absolute atomic E-state index is 10.2. The molecule has 1 saturated heterocycles. The fourth-order valence-electron chi connectivity index (χ4n) is 1.05. The molecule has 0 aliphatic carbocycles. The quantitative estimate of drug-likeness (QED) is 0.599. The lowest BCUT2D eigenvalue weighted by molar-refractivity contribution is -0.131. The van der Waals surface area contributed by atoms with Gasteiger partial charge in [-0.05, 0) is 0 Å². The average Bonchev–Trinajstić information content (AvgIpc) is 2.15. The summed E-state index contributed by atoms with van der Waals surface area (Å²) in [4.78, 5) is 11.9. The first-order chi connectivity index (χ1) is 6.22. The number of carboxylic acids is 1. The van der Waals surface area contributed by atoms with Crippen molar-refractivity contribution in [1.82, 2.24) is 4.90 Å². The maximum Gasteiger partial charge on any atom is 0.329 e. The highest BCUT2D eigenvalue weighted by atomic mass is 16.5. The Morgan fingerprint density at radius 1 is 1.77 bits per heavy atom. The number of hydrogen-bond donors (Lipinski definition) is 1. The van der Waals surface area contributed by atoms with Gasteiger partial charge in [0.2, 0.25) is 0 Å². The predicted octanol–water partition coefficient (Wildman–Crippen LogP) is -0.191. The van der Waals surface area contributed by atoms with Gasteiger partial charge in [0.1, 0.15) is 0 Å². The summed E-state index contributed by atoms with van der Waals surface area (Å²) < 4.78 is 5.08. The van der Waals surface area contributed by atoms with Crippen molar-refractivity contribution in [3.63, 3.8) is 0 Å². The van der Waals surface area contributed by atoms with E-state index in [1.165, 1.54) is 6.20 Å². The number of nitrogens with zero attached hydrogens (tertiary/aromatic N) is 2. The van der Waals surface area contributed by atoms with Crippen molar-refractivity contribution >= 4 is 5.97 Å². The predicted molar refractivity (Wildman–Crippen MR) is 43.7 cm³/mol. The molecular formula is C8H10N2O3. The molecular weight excluding hydrogens is 172 g/mol. The molecule has 1 unspecified atom stereocenters. The van der Waals surface area contributed by atoms with Crippen molar-refractivity contribution in [2.45, 2.75) is 6.10 Å². The molecule has 1 rings (SSSR count). The zero-order chi connectivity index (χ0) is 9.68. The summed E-state index contributed by atoms with van der Waals surface area (Å²) in [5.41, 5.74) is 0. The van der Waals surface area contributed by atoms with Gasteiger partial charge in [0, 0.05) is 18.8 Å². The molecule has 0 bridgehead atoms. The van der Waals surface area contributed by atoms with Gasteiger partial charge in [0.15, 0.2) is 6.10 Å². The second-order valence-electron chi connectivity index (χ2n) is 2.64. The average molecular weight is 182 g/mol. The zero-order valence-corrected chi connectivity index (χ0v) is 7.01. The molecule has 1 aliphatic heterocycles. The van der Waals surface area contributed by atoms with Crippen LogP contribution in [0.4, 0.5) is 0 Å². The molecule has 0 radical (unpaired) electrons. The van der Waals surface area contributed by atoms with Gasteiger partial charge < -0.3 is 14.7 Å². The molecule has 1 heterocycles. The normalized spacial score (nSPS) is 23.0. The van der Waals surface area contributed by atoms with Crippen molar-refractivity contribution in [2.24, 2.45) is 0 Å². The third-order valence-electron chi connectivity index (χ3n) is 1.67. The van der Waals surface area contributed by atoms with E-state index in [1.807, 2.05) is 6.07 Å². The zero-order valence-electron chi connectivity index (χ0n) is 7.01. The monoisotopic (exact) mass is 182 g/mol. The first-order valence-electron chi connectivity index (χ1n) is 3.89. The van der Waals surface area contributed by atoms with E-state index in [-0.39, 0.29) is 0 Å². The van der Waals surface area contributed by atoms with Crippen LogP contribution in [-0.2, 0) is 9.53 Å². The van der Waals surface area contributed by atoms with Crippen LogP contribution in [0.25, 0.3) is 0 Å². The van der Waals surface area contributed by atoms with Crippen molar-refractivity contribution in [3.8, 4) is 6.07 Å². The van der Waals surface area contributed by atoms with Crippen LogP contribution in [0, 0.1) is 11.3 Å². The van der Waals surface area contributed by atoms with Crippen LogP contribution < -0.4 is 0 Å². The molecule has 0 aromatic rings. The van der Waals surface area contributed by atoms with E-state index in [0.29, 0.717) is 19.7 Å². The molecule has 0 amide bonds. The van der Waals surface area contributed by atoms with E-state index in [1.54, 1.807) is 4.90 Å². The molecule has 13 heavy (non-hydrogen) atoms. The topological polar surface area (TPSA) is 73.6 Å². The van der Waals surface area contributed by atoms with Gasteiger partial charge in [-0.3, -0.25) is 0 Å². The van der Waals surface area contributed by atoms with Crippen molar-refractivity contribution < 1.29 is 14.6 Å². The van der Waals surface area contributed by atoms with Crippen molar-refractivity contribution in [3.05, 3.63) is 12.3 Å². The third-order valence-corrected chi connectivity index (χ3v) is 1.67. The van der Waals surface area contributed by atoms with Crippen LogP contribution >= 0.6 is 0 Å². The van der Waals surface area contributed by atoms with Gasteiger partial charge in [0.25, 0.3) is 0 Å². The van der Waals surface area contributed by atoms with Crippen LogP contribution in [0.15, 0.2) is 12.3 Å². The molecule has 1 aliphatic rings. The van der Waals surface area contributed by atoms with Gasteiger partial charge >= 0.3 is 5.97 Å². The number of carbonyl (C=O) groups is 1. The first-order valence-corrected chi connectivity index (χ1v) is 3.89. The van der Waals surface area contributed by atoms with E-state index in [9.17, 15) is 4.79 Å². The number of morpholine rings is 1. The molecule has 0 aromatic carbocycles. The second kappa shape index (κ2) is 4.48. The molecule has 5 nitrogen and oxygen atoms in total. The lowest BCUT2D eigenvalue weighted by Crippen LogP contribution is -2.38. The summed E-state index contributed by atoms with van der Waals surface area (Å²) in [7, 11) is 0. The van der Waals surface area contributed by atoms with Gasteiger partial charge in [-0.15, -0.1) is 0 Å². The third kappa shape index (κ3) is 3.13. The second-order valence-corrected chi connectivity index (χ2v) is 2.64. The van der Waals surface area contributed by atoms with Gasteiger partial charge in [-0.2, -0.15) is 5.26 Å². The Kier molecular flexibility index (Phi) is 3.29. The van der Waals surface area contributed by atoms with E-state index < -0.39 is 12.1 Å². The molecule has 0 aromatic heterocycles. The van der Waals surface area contributed by atoms with E-state index >= 15 is 0 Å². The van der Waals surface area contributed by atoms with Gasteiger partial charge in [-0.25, -0.2) is 4.79 Å². The summed E-state index contributed by atoms with van der Waals surface area (Å²) in [5, 5.41) is 16.9. The molecule has 5 heteroatoms. The minimum absolute atomic E-state index is 0.431. The smallest absolute Gasteiger partial charge is 0.329 e. The van der Waals surface area contributed by atoms with Crippen LogP contribution in [-0.4, -0.2) is 41.8 Å². The van der Waals surface area contributed by atoms with Crippen LogP contribution in [0.2, 0.25) is 0 Å². The number of aliphatic carboxylic acids is 1. The highest BCUT2D eigenvalue weighted by Gasteiger charge is 2.16. The summed E-state index contributed by atoms with van der Waals surface area (Å²) in [6.45, 7) is 1.52.